The smallest absolute Gasteiger partial charge is 0.271 e. The first-order valence-corrected chi connectivity index (χ1v) is 9.46. The van der Waals surface area contributed by atoms with Crippen molar-refractivity contribution in [1.29, 1.82) is 0 Å². The lowest BCUT2D eigenvalue weighted by atomic mass is 9.87. The third kappa shape index (κ3) is 4.92. The van der Waals surface area contributed by atoms with Crippen LogP contribution in [0.1, 0.15) is 42.3 Å². The number of hydrazone groups is 1. The van der Waals surface area contributed by atoms with E-state index in [0.717, 1.165) is 7.14 Å². The van der Waals surface area contributed by atoms with Gasteiger partial charge in [-0.25, -0.2) is 5.43 Å². The molecule has 0 unspecified atom stereocenters. The minimum Gasteiger partial charge on any atom is -0.506 e. The van der Waals surface area contributed by atoms with Gasteiger partial charge in [-0.15, -0.1) is 0 Å². The number of hydrogen-bond acceptors (Lipinski definition) is 3. The molecule has 0 aliphatic rings. The molecule has 0 fully saturated rings. The quantitative estimate of drug-likeness (QED) is 0.333. The van der Waals surface area contributed by atoms with Crippen molar-refractivity contribution < 1.29 is 9.90 Å². The number of phenols is 1. The number of phenolic OH excluding ortho intramolecular Hbond substituents is 1. The Bertz CT molecular complexity index is 779. The molecular weight excluding hydrogens is 530 g/mol. The van der Waals surface area contributed by atoms with Crippen LogP contribution in [0.4, 0.5) is 0 Å². The fraction of sp³-hybridized carbons (Fsp3) is 0.222. The summed E-state index contributed by atoms with van der Waals surface area (Å²) < 4.78 is 1.73. The van der Waals surface area contributed by atoms with E-state index in [1.54, 1.807) is 18.2 Å². The van der Waals surface area contributed by atoms with Gasteiger partial charge in [-0.3, -0.25) is 4.79 Å². The summed E-state index contributed by atoms with van der Waals surface area (Å²) in [4.78, 5) is 12.1. The van der Waals surface area contributed by atoms with Gasteiger partial charge in [-0.1, -0.05) is 32.9 Å². The third-order valence-electron chi connectivity index (χ3n) is 3.44. The Morgan fingerprint density at radius 1 is 1.17 bits per heavy atom. The summed E-state index contributed by atoms with van der Waals surface area (Å²) in [5, 5.41) is 13.9. The molecule has 1 amide bonds. The summed E-state index contributed by atoms with van der Waals surface area (Å²) in [7, 11) is 0. The van der Waals surface area contributed by atoms with E-state index in [9.17, 15) is 9.90 Å². The van der Waals surface area contributed by atoms with Crippen molar-refractivity contribution in [3.63, 3.8) is 0 Å². The summed E-state index contributed by atoms with van der Waals surface area (Å²) in [6.07, 6.45) is 1.45. The van der Waals surface area contributed by atoms with Crippen LogP contribution in [0.2, 0.25) is 0 Å². The lowest BCUT2D eigenvalue weighted by Gasteiger charge is -2.18. The van der Waals surface area contributed by atoms with Crippen molar-refractivity contribution >= 4 is 57.3 Å². The number of halogens is 2. The molecule has 0 bridgehead atoms. The van der Waals surface area contributed by atoms with Crippen LogP contribution in [0, 0.1) is 7.14 Å². The molecule has 0 heterocycles. The van der Waals surface area contributed by atoms with Gasteiger partial charge in [0.25, 0.3) is 5.91 Å². The molecule has 0 radical (unpaired) electrons. The Morgan fingerprint density at radius 2 is 1.79 bits per heavy atom. The monoisotopic (exact) mass is 548 g/mol. The zero-order valence-electron chi connectivity index (χ0n) is 13.6. The normalized spacial score (nSPS) is 11.7. The highest BCUT2D eigenvalue weighted by molar-refractivity contribution is 14.1. The molecule has 0 atom stereocenters. The molecule has 4 nitrogen and oxygen atoms in total. The first kappa shape index (κ1) is 19.2. The maximum Gasteiger partial charge on any atom is 0.271 e. The minimum atomic E-state index is -0.286. The number of carbonyl (C=O) groups excluding carboxylic acids is 1. The SMILES string of the molecule is CC(C)(C)c1ccc(C(=O)N/N=C\c2cc(I)cc(I)c2O)cc1. The number of benzene rings is 2. The summed E-state index contributed by atoms with van der Waals surface area (Å²) in [6.45, 7) is 6.38. The maximum absolute atomic E-state index is 12.1. The van der Waals surface area contributed by atoms with Crippen molar-refractivity contribution in [2.24, 2.45) is 5.10 Å². The van der Waals surface area contributed by atoms with Crippen LogP contribution < -0.4 is 5.43 Å². The lowest BCUT2D eigenvalue weighted by Crippen LogP contribution is -2.18. The van der Waals surface area contributed by atoms with Gasteiger partial charge in [0, 0.05) is 14.7 Å². The maximum atomic E-state index is 12.1. The number of hydrogen-bond donors (Lipinski definition) is 2. The van der Waals surface area contributed by atoms with E-state index in [0.29, 0.717) is 11.1 Å². The van der Waals surface area contributed by atoms with Crippen molar-refractivity contribution in [3.05, 3.63) is 60.2 Å². The Labute approximate surface area is 169 Å². The fourth-order valence-corrected chi connectivity index (χ4v) is 3.92. The summed E-state index contributed by atoms with van der Waals surface area (Å²) in [5.74, 6) is -0.130. The zero-order valence-corrected chi connectivity index (χ0v) is 17.9. The number of carbonyl (C=O) groups is 1. The Hall–Kier alpha value is -1.16. The van der Waals surface area contributed by atoms with Crippen LogP contribution in [0.3, 0.4) is 0 Å². The van der Waals surface area contributed by atoms with Gasteiger partial charge >= 0.3 is 0 Å². The zero-order chi connectivity index (χ0) is 17.9. The second kappa shape index (κ2) is 7.81. The van der Waals surface area contributed by atoms with Gasteiger partial charge in [0.15, 0.2) is 0 Å². The molecule has 0 spiro atoms. The van der Waals surface area contributed by atoms with E-state index in [4.69, 9.17) is 0 Å². The standard InChI is InChI=1S/C18H18I2N2O2/c1-18(2,3)13-6-4-11(5-7-13)17(24)22-21-10-12-8-14(19)9-15(20)16(12)23/h4-10,23H,1-3H3,(H,22,24)/b21-10-. The van der Waals surface area contributed by atoms with Gasteiger partial charge in [0.05, 0.1) is 9.78 Å². The Balaban J connectivity index is 2.08. The first-order valence-electron chi connectivity index (χ1n) is 7.30. The van der Waals surface area contributed by atoms with Crippen LogP contribution in [-0.2, 0) is 5.41 Å². The van der Waals surface area contributed by atoms with Crippen LogP contribution in [0.15, 0.2) is 41.5 Å². The van der Waals surface area contributed by atoms with Crippen molar-refractivity contribution in [2.75, 3.05) is 0 Å². The number of rotatable bonds is 3. The molecule has 0 saturated heterocycles. The largest absolute Gasteiger partial charge is 0.506 e. The molecule has 2 N–H and O–H groups in total. The summed E-state index contributed by atoms with van der Waals surface area (Å²) in [5.41, 5.74) is 4.81. The molecule has 0 aliphatic carbocycles. The molecule has 0 aromatic heterocycles. The average Bonchev–Trinajstić information content (AvgIpc) is 2.51. The average molecular weight is 548 g/mol. The van der Waals surface area contributed by atoms with Crippen LogP contribution >= 0.6 is 45.2 Å². The number of aromatic hydroxyl groups is 1. The first-order chi connectivity index (χ1) is 11.2. The highest BCUT2D eigenvalue weighted by Gasteiger charge is 2.14. The van der Waals surface area contributed by atoms with Gasteiger partial charge in [-0.2, -0.15) is 5.10 Å². The van der Waals surface area contributed by atoms with Crippen molar-refractivity contribution in [3.8, 4) is 5.75 Å². The van der Waals surface area contributed by atoms with Crippen LogP contribution in [0.25, 0.3) is 0 Å². The molecule has 0 aliphatic heterocycles. The number of nitrogens with zero attached hydrogens (tertiary/aromatic N) is 1. The minimum absolute atomic E-state index is 0.0479. The van der Waals surface area contributed by atoms with Crippen molar-refractivity contribution in [2.45, 2.75) is 26.2 Å². The van der Waals surface area contributed by atoms with Crippen LogP contribution in [0.5, 0.6) is 5.75 Å². The third-order valence-corrected chi connectivity index (χ3v) is 4.89. The van der Waals surface area contributed by atoms with Gasteiger partial charge in [-0.05, 0) is 80.4 Å². The molecule has 2 aromatic carbocycles. The summed E-state index contributed by atoms with van der Waals surface area (Å²) >= 11 is 4.22. The van der Waals surface area contributed by atoms with E-state index >= 15 is 0 Å². The van der Waals surface area contributed by atoms with Gasteiger partial charge in [0.1, 0.15) is 5.75 Å². The highest BCUT2D eigenvalue weighted by Crippen LogP contribution is 2.25. The molecule has 2 aromatic rings. The molecule has 2 rings (SSSR count). The Kier molecular flexibility index (Phi) is 6.24. The second-order valence-electron chi connectivity index (χ2n) is 6.35. The lowest BCUT2D eigenvalue weighted by molar-refractivity contribution is 0.0955. The molecule has 0 saturated carbocycles. The van der Waals surface area contributed by atoms with E-state index in [-0.39, 0.29) is 17.1 Å². The van der Waals surface area contributed by atoms with E-state index in [2.05, 4.69) is 76.5 Å². The van der Waals surface area contributed by atoms with E-state index < -0.39 is 0 Å². The van der Waals surface area contributed by atoms with E-state index in [1.165, 1.54) is 11.8 Å². The molecule has 24 heavy (non-hydrogen) atoms. The predicted molar refractivity (Wildman–Crippen MR) is 114 cm³/mol. The molecule has 6 heteroatoms. The van der Waals surface area contributed by atoms with Gasteiger partial charge < -0.3 is 5.11 Å². The summed E-state index contributed by atoms with van der Waals surface area (Å²) in [6, 6.07) is 11.1. The van der Waals surface area contributed by atoms with Crippen molar-refractivity contribution in [1.82, 2.24) is 5.43 Å². The Morgan fingerprint density at radius 3 is 2.38 bits per heavy atom. The van der Waals surface area contributed by atoms with Crippen LogP contribution in [-0.4, -0.2) is 17.2 Å². The fourth-order valence-electron chi connectivity index (χ4n) is 2.03. The molecule has 126 valence electrons. The van der Waals surface area contributed by atoms with Gasteiger partial charge in [0.2, 0.25) is 0 Å². The second-order valence-corrected chi connectivity index (χ2v) is 8.76. The molecular formula is C18H18I2N2O2. The van der Waals surface area contributed by atoms with E-state index in [1.807, 2.05) is 18.2 Å². The number of nitrogens with one attached hydrogen (secondary N) is 1. The predicted octanol–water partition coefficient (Wildman–Crippen LogP) is 4.66. The highest BCUT2D eigenvalue weighted by atomic mass is 127. The topological polar surface area (TPSA) is 61.7 Å². The number of amides is 1.